The first-order valence-corrected chi connectivity index (χ1v) is 5.71. The highest BCUT2D eigenvalue weighted by atomic mass is 79.9. The molecule has 86 valence electrons. The lowest BCUT2D eigenvalue weighted by Crippen LogP contribution is -2.19. The van der Waals surface area contributed by atoms with Gasteiger partial charge in [0.2, 0.25) is 0 Å². The molecular weight excluding hydrogens is 284 g/mol. The van der Waals surface area contributed by atoms with Crippen molar-refractivity contribution in [3.05, 3.63) is 63.0 Å². The fraction of sp³-hybridized carbons (Fsp3) is 0. The Balaban J connectivity index is 2.20. The average Bonchev–Trinajstić information content (AvgIpc) is 2.33. The normalized spacial score (nSPS) is 9.94. The Labute approximate surface area is 106 Å². The SMILES string of the molecule is O=C(Nc1ccc[nH]c1=O)c1ccc(Br)cc1. The van der Waals surface area contributed by atoms with E-state index in [1.54, 1.807) is 36.4 Å². The second kappa shape index (κ2) is 4.97. The van der Waals surface area contributed by atoms with E-state index < -0.39 is 0 Å². The fourth-order valence-corrected chi connectivity index (χ4v) is 1.58. The molecule has 0 radical (unpaired) electrons. The van der Waals surface area contributed by atoms with E-state index in [0.717, 1.165) is 4.47 Å². The molecule has 2 rings (SSSR count). The van der Waals surface area contributed by atoms with Crippen LogP contribution in [-0.2, 0) is 0 Å². The molecule has 0 aliphatic rings. The van der Waals surface area contributed by atoms with Gasteiger partial charge in [-0.25, -0.2) is 0 Å². The predicted molar refractivity (Wildman–Crippen MR) is 69.2 cm³/mol. The number of aromatic amines is 1. The van der Waals surface area contributed by atoms with Gasteiger partial charge in [0, 0.05) is 16.2 Å². The largest absolute Gasteiger partial charge is 0.327 e. The Morgan fingerprint density at radius 1 is 1.18 bits per heavy atom. The summed E-state index contributed by atoms with van der Waals surface area (Å²) in [6.07, 6.45) is 1.51. The van der Waals surface area contributed by atoms with Gasteiger partial charge in [0.1, 0.15) is 5.69 Å². The Kier molecular flexibility index (Phi) is 3.39. The van der Waals surface area contributed by atoms with E-state index in [1.165, 1.54) is 6.20 Å². The molecule has 2 aromatic rings. The number of halogens is 1. The number of anilines is 1. The molecule has 17 heavy (non-hydrogen) atoms. The summed E-state index contributed by atoms with van der Waals surface area (Å²) in [4.78, 5) is 25.6. The van der Waals surface area contributed by atoms with Crippen LogP contribution in [0.2, 0.25) is 0 Å². The van der Waals surface area contributed by atoms with E-state index in [-0.39, 0.29) is 17.2 Å². The topological polar surface area (TPSA) is 62.0 Å². The van der Waals surface area contributed by atoms with Crippen LogP contribution in [0.25, 0.3) is 0 Å². The highest BCUT2D eigenvalue weighted by Crippen LogP contribution is 2.11. The summed E-state index contributed by atoms with van der Waals surface area (Å²) in [5.74, 6) is -0.311. The fourth-order valence-electron chi connectivity index (χ4n) is 1.32. The molecule has 0 bridgehead atoms. The smallest absolute Gasteiger partial charge is 0.271 e. The number of hydrogen-bond donors (Lipinski definition) is 2. The highest BCUT2D eigenvalue weighted by Gasteiger charge is 2.07. The zero-order valence-corrected chi connectivity index (χ0v) is 10.3. The van der Waals surface area contributed by atoms with Crippen LogP contribution < -0.4 is 10.9 Å². The van der Waals surface area contributed by atoms with E-state index in [9.17, 15) is 9.59 Å². The minimum absolute atomic E-state index is 0.236. The second-order valence-corrected chi connectivity index (χ2v) is 4.29. The van der Waals surface area contributed by atoms with Crippen molar-refractivity contribution in [3.8, 4) is 0 Å². The number of nitrogens with one attached hydrogen (secondary N) is 2. The van der Waals surface area contributed by atoms with Crippen molar-refractivity contribution in [2.75, 3.05) is 5.32 Å². The van der Waals surface area contributed by atoms with Gasteiger partial charge < -0.3 is 10.3 Å². The van der Waals surface area contributed by atoms with Gasteiger partial charge in [0.15, 0.2) is 0 Å². The quantitative estimate of drug-likeness (QED) is 0.893. The number of benzene rings is 1. The van der Waals surface area contributed by atoms with Gasteiger partial charge in [-0.05, 0) is 36.4 Å². The molecule has 5 heteroatoms. The number of aromatic nitrogens is 1. The van der Waals surface area contributed by atoms with E-state index in [0.29, 0.717) is 5.56 Å². The maximum atomic E-state index is 11.8. The molecule has 0 saturated carbocycles. The van der Waals surface area contributed by atoms with Crippen LogP contribution >= 0.6 is 15.9 Å². The van der Waals surface area contributed by atoms with E-state index in [4.69, 9.17) is 0 Å². The summed E-state index contributed by atoms with van der Waals surface area (Å²) < 4.78 is 0.895. The average molecular weight is 293 g/mol. The van der Waals surface area contributed by atoms with Gasteiger partial charge in [-0.15, -0.1) is 0 Å². The first-order valence-electron chi connectivity index (χ1n) is 4.91. The minimum Gasteiger partial charge on any atom is -0.327 e. The minimum atomic E-state index is -0.321. The summed E-state index contributed by atoms with van der Waals surface area (Å²) in [6, 6.07) is 10.1. The Bertz CT molecular complexity index is 590. The highest BCUT2D eigenvalue weighted by molar-refractivity contribution is 9.10. The van der Waals surface area contributed by atoms with Crippen molar-refractivity contribution in [3.63, 3.8) is 0 Å². The molecule has 0 aliphatic carbocycles. The van der Waals surface area contributed by atoms with Crippen LogP contribution in [-0.4, -0.2) is 10.9 Å². The van der Waals surface area contributed by atoms with Crippen molar-refractivity contribution in [2.24, 2.45) is 0 Å². The molecule has 0 spiro atoms. The summed E-state index contributed by atoms with van der Waals surface area (Å²) in [5, 5.41) is 2.55. The third-order valence-corrected chi connectivity index (χ3v) is 2.70. The van der Waals surface area contributed by atoms with E-state index in [1.807, 2.05) is 0 Å². The van der Waals surface area contributed by atoms with Gasteiger partial charge in [0.05, 0.1) is 0 Å². The predicted octanol–water partition coefficient (Wildman–Crippen LogP) is 2.39. The lowest BCUT2D eigenvalue weighted by molar-refractivity contribution is 0.102. The lowest BCUT2D eigenvalue weighted by atomic mass is 10.2. The van der Waals surface area contributed by atoms with Crippen molar-refractivity contribution in [1.82, 2.24) is 4.98 Å². The maximum Gasteiger partial charge on any atom is 0.271 e. The molecular formula is C12H9BrN2O2. The molecule has 0 unspecified atom stereocenters. The number of carbonyl (C=O) groups excluding carboxylic acids is 1. The van der Waals surface area contributed by atoms with Gasteiger partial charge in [-0.1, -0.05) is 15.9 Å². The molecule has 4 nitrogen and oxygen atoms in total. The molecule has 0 atom stereocenters. The molecule has 0 saturated heterocycles. The van der Waals surface area contributed by atoms with Crippen molar-refractivity contribution in [2.45, 2.75) is 0 Å². The van der Waals surface area contributed by atoms with E-state index >= 15 is 0 Å². The Morgan fingerprint density at radius 3 is 2.53 bits per heavy atom. The van der Waals surface area contributed by atoms with Gasteiger partial charge in [-0.2, -0.15) is 0 Å². The zero-order chi connectivity index (χ0) is 12.3. The number of carbonyl (C=O) groups is 1. The lowest BCUT2D eigenvalue weighted by Gasteiger charge is -2.03. The molecule has 1 aromatic carbocycles. The number of amides is 1. The standard InChI is InChI=1S/C12H9BrN2O2/c13-9-5-3-8(4-6-9)11(16)15-10-2-1-7-14-12(10)17/h1-7H,(H,14,17)(H,15,16). The third kappa shape index (κ3) is 2.82. The number of H-pyrrole nitrogens is 1. The monoisotopic (exact) mass is 292 g/mol. The molecule has 1 aromatic heterocycles. The Morgan fingerprint density at radius 2 is 1.88 bits per heavy atom. The maximum absolute atomic E-state index is 11.8. The summed E-state index contributed by atoms with van der Waals surface area (Å²) >= 11 is 3.29. The van der Waals surface area contributed by atoms with Gasteiger partial charge >= 0.3 is 0 Å². The summed E-state index contributed by atoms with van der Waals surface area (Å²) in [7, 11) is 0. The van der Waals surface area contributed by atoms with Gasteiger partial charge in [0.25, 0.3) is 11.5 Å². The number of pyridine rings is 1. The number of hydrogen-bond acceptors (Lipinski definition) is 2. The van der Waals surface area contributed by atoms with Gasteiger partial charge in [-0.3, -0.25) is 9.59 Å². The van der Waals surface area contributed by atoms with E-state index in [2.05, 4.69) is 26.2 Å². The molecule has 0 aliphatic heterocycles. The zero-order valence-electron chi connectivity index (χ0n) is 8.74. The van der Waals surface area contributed by atoms with Crippen molar-refractivity contribution < 1.29 is 4.79 Å². The molecule has 1 amide bonds. The first kappa shape index (κ1) is 11.6. The number of rotatable bonds is 2. The van der Waals surface area contributed by atoms with Crippen molar-refractivity contribution in [1.29, 1.82) is 0 Å². The first-order chi connectivity index (χ1) is 8.16. The van der Waals surface area contributed by atoms with Crippen LogP contribution in [0.5, 0.6) is 0 Å². The van der Waals surface area contributed by atoms with Crippen molar-refractivity contribution >= 4 is 27.5 Å². The van der Waals surface area contributed by atoms with Crippen LogP contribution in [0.1, 0.15) is 10.4 Å². The molecule has 2 N–H and O–H groups in total. The van der Waals surface area contributed by atoms with Crippen LogP contribution in [0.4, 0.5) is 5.69 Å². The molecule has 1 heterocycles. The summed E-state index contributed by atoms with van der Waals surface area (Å²) in [5.41, 5.74) is 0.412. The van der Waals surface area contributed by atoms with Crippen LogP contribution in [0.15, 0.2) is 51.9 Å². The Hall–Kier alpha value is -1.88. The van der Waals surface area contributed by atoms with Crippen LogP contribution in [0.3, 0.4) is 0 Å². The third-order valence-electron chi connectivity index (χ3n) is 2.17. The van der Waals surface area contributed by atoms with Crippen LogP contribution in [0, 0.1) is 0 Å². The summed E-state index contributed by atoms with van der Waals surface area (Å²) in [6.45, 7) is 0. The molecule has 0 fully saturated rings. The second-order valence-electron chi connectivity index (χ2n) is 3.37.